The van der Waals surface area contributed by atoms with Crippen LogP contribution in [0.4, 0.5) is 4.79 Å². The number of esters is 1. The Morgan fingerprint density at radius 3 is 2.14 bits per heavy atom. The highest BCUT2D eigenvalue weighted by Gasteiger charge is 2.26. The molecular weight excluding hydrogens is 288 g/mol. The van der Waals surface area contributed by atoms with E-state index in [9.17, 15) is 14.4 Å². The summed E-state index contributed by atoms with van der Waals surface area (Å²) >= 11 is 0. The van der Waals surface area contributed by atoms with Gasteiger partial charge >= 0.3 is 12.1 Å². The standard InChI is InChI=1S/C15H28N2O5/c1-5-8-21-12(18)10-16-14(19)13(11(4)7-3)17-15(20)22-9-6-2/h11,13H,5-10H2,1-4H3,(H,16,19)(H,17,20). The van der Waals surface area contributed by atoms with Gasteiger partial charge < -0.3 is 20.1 Å². The van der Waals surface area contributed by atoms with Crippen LogP contribution in [0.25, 0.3) is 0 Å². The first-order valence-electron chi connectivity index (χ1n) is 7.82. The predicted molar refractivity (Wildman–Crippen MR) is 82.3 cm³/mol. The molecule has 2 N–H and O–H groups in total. The Hall–Kier alpha value is -1.79. The molecule has 0 radical (unpaired) electrons. The van der Waals surface area contributed by atoms with Gasteiger partial charge in [-0.05, 0) is 18.8 Å². The molecule has 2 amide bonds. The lowest BCUT2D eigenvalue weighted by molar-refractivity contribution is -0.144. The van der Waals surface area contributed by atoms with Crippen LogP contribution in [0, 0.1) is 5.92 Å². The summed E-state index contributed by atoms with van der Waals surface area (Å²) in [6.45, 7) is 7.94. The largest absolute Gasteiger partial charge is 0.464 e. The first-order chi connectivity index (χ1) is 10.5. The number of alkyl carbamates (subject to hydrolysis) is 1. The number of hydrogen-bond donors (Lipinski definition) is 2. The second-order valence-corrected chi connectivity index (χ2v) is 5.08. The summed E-state index contributed by atoms with van der Waals surface area (Å²) in [7, 11) is 0. The zero-order valence-electron chi connectivity index (χ0n) is 13.9. The fraction of sp³-hybridized carbons (Fsp3) is 0.800. The number of carbonyl (C=O) groups excluding carboxylic acids is 3. The number of hydrogen-bond acceptors (Lipinski definition) is 5. The average molecular weight is 316 g/mol. The molecule has 0 heterocycles. The zero-order chi connectivity index (χ0) is 17.0. The third kappa shape index (κ3) is 8.49. The normalized spacial score (nSPS) is 12.9. The van der Waals surface area contributed by atoms with Gasteiger partial charge in [0.25, 0.3) is 0 Å². The van der Waals surface area contributed by atoms with Crippen LogP contribution in [0.2, 0.25) is 0 Å². The molecule has 0 saturated heterocycles. The third-order valence-electron chi connectivity index (χ3n) is 3.08. The van der Waals surface area contributed by atoms with Crippen LogP contribution in [0.1, 0.15) is 47.0 Å². The van der Waals surface area contributed by atoms with E-state index in [1.807, 2.05) is 27.7 Å². The second-order valence-electron chi connectivity index (χ2n) is 5.08. The maximum atomic E-state index is 12.1. The maximum absolute atomic E-state index is 12.1. The molecule has 2 unspecified atom stereocenters. The quantitative estimate of drug-likeness (QED) is 0.597. The van der Waals surface area contributed by atoms with Gasteiger partial charge in [0.1, 0.15) is 12.6 Å². The molecule has 128 valence electrons. The molecule has 0 rings (SSSR count). The second kappa shape index (κ2) is 11.8. The Morgan fingerprint density at radius 1 is 1.00 bits per heavy atom. The highest BCUT2D eigenvalue weighted by Crippen LogP contribution is 2.08. The van der Waals surface area contributed by atoms with Gasteiger partial charge in [0.2, 0.25) is 5.91 Å². The van der Waals surface area contributed by atoms with Gasteiger partial charge in [0.05, 0.1) is 13.2 Å². The van der Waals surface area contributed by atoms with Crippen molar-refractivity contribution in [2.24, 2.45) is 5.92 Å². The van der Waals surface area contributed by atoms with E-state index in [0.717, 1.165) is 6.42 Å². The van der Waals surface area contributed by atoms with Crippen molar-refractivity contribution in [3.05, 3.63) is 0 Å². The fourth-order valence-electron chi connectivity index (χ4n) is 1.60. The summed E-state index contributed by atoms with van der Waals surface area (Å²) in [5, 5.41) is 5.03. The number of rotatable bonds is 10. The van der Waals surface area contributed by atoms with Gasteiger partial charge in [0.15, 0.2) is 0 Å². The number of amides is 2. The van der Waals surface area contributed by atoms with E-state index >= 15 is 0 Å². The predicted octanol–water partition coefficient (Wildman–Crippen LogP) is 1.61. The van der Waals surface area contributed by atoms with Crippen LogP contribution in [-0.4, -0.2) is 43.8 Å². The van der Waals surface area contributed by atoms with Crippen molar-refractivity contribution in [2.75, 3.05) is 19.8 Å². The molecule has 7 heteroatoms. The summed E-state index contributed by atoms with van der Waals surface area (Å²) < 4.78 is 9.80. The molecule has 0 aliphatic rings. The summed E-state index contributed by atoms with van der Waals surface area (Å²) in [4.78, 5) is 35.1. The first-order valence-corrected chi connectivity index (χ1v) is 7.82. The average Bonchev–Trinajstić information content (AvgIpc) is 2.52. The van der Waals surface area contributed by atoms with Crippen LogP contribution >= 0.6 is 0 Å². The van der Waals surface area contributed by atoms with E-state index in [2.05, 4.69) is 10.6 Å². The molecule has 7 nitrogen and oxygen atoms in total. The fourth-order valence-corrected chi connectivity index (χ4v) is 1.60. The lowest BCUT2D eigenvalue weighted by Gasteiger charge is -2.23. The monoisotopic (exact) mass is 316 g/mol. The van der Waals surface area contributed by atoms with Crippen LogP contribution in [0.15, 0.2) is 0 Å². The molecule has 22 heavy (non-hydrogen) atoms. The van der Waals surface area contributed by atoms with Crippen molar-refractivity contribution in [2.45, 2.75) is 53.0 Å². The van der Waals surface area contributed by atoms with E-state index in [0.29, 0.717) is 26.1 Å². The SMILES string of the molecule is CCCOC(=O)CNC(=O)C(NC(=O)OCCC)C(C)CC. The minimum absolute atomic E-state index is 0.0826. The molecule has 0 fully saturated rings. The summed E-state index contributed by atoms with van der Waals surface area (Å²) in [6, 6.07) is -0.742. The Bertz CT molecular complexity index is 360. The maximum Gasteiger partial charge on any atom is 0.407 e. The summed E-state index contributed by atoms with van der Waals surface area (Å²) in [5.41, 5.74) is 0. The molecule has 0 bridgehead atoms. The van der Waals surface area contributed by atoms with Crippen molar-refractivity contribution in [1.82, 2.24) is 10.6 Å². The molecular formula is C15H28N2O5. The van der Waals surface area contributed by atoms with Crippen molar-refractivity contribution in [1.29, 1.82) is 0 Å². The number of nitrogens with one attached hydrogen (secondary N) is 2. The van der Waals surface area contributed by atoms with E-state index in [-0.39, 0.29) is 12.5 Å². The molecule has 0 aliphatic heterocycles. The van der Waals surface area contributed by atoms with E-state index < -0.39 is 24.0 Å². The van der Waals surface area contributed by atoms with Crippen LogP contribution in [0.5, 0.6) is 0 Å². The lowest BCUT2D eigenvalue weighted by Crippen LogP contribution is -2.51. The van der Waals surface area contributed by atoms with Crippen molar-refractivity contribution in [3.8, 4) is 0 Å². The molecule has 2 atom stereocenters. The van der Waals surface area contributed by atoms with Crippen LogP contribution in [0.3, 0.4) is 0 Å². The molecule has 0 aliphatic carbocycles. The Morgan fingerprint density at radius 2 is 1.59 bits per heavy atom. The van der Waals surface area contributed by atoms with E-state index in [1.165, 1.54) is 0 Å². The summed E-state index contributed by atoms with van der Waals surface area (Å²) in [5.74, 6) is -0.997. The molecule has 0 aromatic rings. The summed E-state index contributed by atoms with van der Waals surface area (Å²) in [6.07, 6.45) is 1.50. The van der Waals surface area contributed by atoms with Crippen LogP contribution < -0.4 is 10.6 Å². The van der Waals surface area contributed by atoms with Gasteiger partial charge in [0, 0.05) is 0 Å². The number of carbonyl (C=O) groups is 3. The van der Waals surface area contributed by atoms with Gasteiger partial charge in [-0.3, -0.25) is 9.59 Å². The Balaban J connectivity index is 4.45. The molecule has 0 aromatic carbocycles. The minimum atomic E-state index is -0.742. The first kappa shape index (κ1) is 20.2. The molecule has 0 saturated carbocycles. The van der Waals surface area contributed by atoms with E-state index in [4.69, 9.17) is 9.47 Å². The van der Waals surface area contributed by atoms with Crippen molar-refractivity contribution in [3.63, 3.8) is 0 Å². The topological polar surface area (TPSA) is 93.7 Å². The lowest BCUT2D eigenvalue weighted by atomic mass is 9.98. The Labute approximate surface area is 132 Å². The molecule has 0 spiro atoms. The minimum Gasteiger partial charge on any atom is -0.464 e. The smallest absolute Gasteiger partial charge is 0.407 e. The van der Waals surface area contributed by atoms with Gasteiger partial charge in [-0.15, -0.1) is 0 Å². The van der Waals surface area contributed by atoms with Gasteiger partial charge in [-0.2, -0.15) is 0 Å². The third-order valence-corrected chi connectivity index (χ3v) is 3.08. The Kier molecular flexibility index (Phi) is 10.9. The van der Waals surface area contributed by atoms with Gasteiger partial charge in [-0.25, -0.2) is 4.79 Å². The van der Waals surface area contributed by atoms with Crippen LogP contribution in [-0.2, 0) is 19.1 Å². The van der Waals surface area contributed by atoms with E-state index in [1.54, 1.807) is 0 Å². The van der Waals surface area contributed by atoms with Crippen molar-refractivity contribution < 1.29 is 23.9 Å². The zero-order valence-corrected chi connectivity index (χ0v) is 13.9. The molecule has 0 aromatic heterocycles. The highest BCUT2D eigenvalue weighted by molar-refractivity contribution is 5.88. The van der Waals surface area contributed by atoms with Crippen molar-refractivity contribution >= 4 is 18.0 Å². The van der Waals surface area contributed by atoms with Gasteiger partial charge in [-0.1, -0.05) is 34.1 Å². The highest BCUT2D eigenvalue weighted by atomic mass is 16.5. The number of ether oxygens (including phenoxy) is 2.